The summed E-state index contributed by atoms with van der Waals surface area (Å²) in [5.74, 6) is 1.28. The summed E-state index contributed by atoms with van der Waals surface area (Å²) in [6.45, 7) is 1.72. The van der Waals surface area contributed by atoms with Crippen LogP contribution >= 0.6 is 27.3 Å². The van der Waals surface area contributed by atoms with Gasteiger partial charge >= 0.3 is 0 Å². The van der Waals surface area contributed by atoms with Crippen LogP contribution in [0.15, 0.2) is 14.7 Å². The summed E-state index contributed by atoms with van der Waals surface area (Å²) in [6.07, 6.45) is 6.02. The molecule has 1 aromatic rings. The number of halogens is 1. The highest BCUT2D eigenvalue weighted by atomic mass is 79.9. The number of nitrogens with two attached hydrogens (primary N) is 1. The lowest BCUT2D eigenvalue weighted by atomic mass is 9.76. The van der Waals surface area contributed by atoms with Crippen LogP contribution in [0.2, 0.25) is 0 Å². The average Bonchev–Trinajstić information content (AvgIpc) is 2.88. The van der Waals surface area contributed by atoms with Gasteiger partial charge < -0.3 is 5.73 Å². The topological polar surface area (TPSA) is 63.4 Å². The lowest BCUT2D eigenvalue weighted by Crippen LogP contribution is -2.44. The van der Waals surface area contributed by atoms with Crippen LogP contribution in [0.4, 0.5) is 0 Å². The Hall–Kier alpha value is 0.0500. The fourth-order valence-electron chi connectivity index (χ4n) is 3.60. The van der Waals surface area contributed by atoms with Gasteiger partial charge in [-0.25, -0.2) is 8.42 Å². The molecule has 2 N–H and O–H groups in total. The number of piperidine rings is 1. The van der Waals surface area contributed by atoms with Gasteiger partial charge in [0.2, 0.25) is 10.0 Å². The Balaban J connectivity index is 1.83. The molecule has 7 heteroatoms. The minimum absolute atomic E-state index is 0.378. The maximum Gasteiger partial charge on any atom is 0.245 e. The van der Waals surface area contributed by atoms with E-state index in [2.05, 4.69) is 15.9 Å². The Bertz CT molecular complexity index is 614. The SMILES string of the molecule is NCc1cc(S(=O)(=O)N2CCC3CCCCC3C2)c(Br)s1. The van der Waals surface area contributed by atoms with Crippen molar-refractivity contribution in [3.8, 4) is 0 Å². The van der Waals surface area contributed by atoms with Crippen LogP contribution in [0.25, 0.3) is 0 Å². The Kier molecular flexibility index (Phi) is 4.76. The van der Waals surface area contributed by atoms with Gasteiger partial charge in [0.15, 0.2) is 0 Å². The third kappa shape index (κ3) is 3.08. The Morgan fingerprint density at radius 1 is 1.29 bits per heavy atom. The Morgan fingerprint density at radius 2 is 2.00 bits per heavy atom. The van der Waals surface area contributed by atoms with Crippen LogP contribution in [0, 0.1) is 11.8 Å². The van der Waals surface area contributed by atoms with Gasteiger partial charge in [0, 0.05) is 24.5 Å². The van der Waals surface area contributed by atoms with E-state index in [0.717, 1.165) is 17.2 Å². The highest BCUT2D eigenvalue weighted by molar-refractivity contribution is 9.11. The molecular formula is C14H21BrN2O2S2. The van der Waals surface area contributed by atoms with Crippen LogP contribution in [0.5, 0.6) is 0 Å². The fraction of sp³-hybridized carbons (Fsp3) is 0.714. The molecule has 2 atom stereocenters. The summed E-state index contributed by atoms with van der Waals surface area (Å²) in [5.41, 5.74) is 5.62. The van der Waals surface area contributed by atoms with Crippen molar-refractivity contribution < 1.29 is 8.42 Å². The number of hydrogen-bond acceptors (Lipinski definition) is 4. The second-order valence-electron chi connectivity index (χ2n) is 6.01. The summed E-state index contributed by atoms with van der Waals surface area (Å²) in [5, 5.41) is 0. The fourth-order valence-corrected chi connectivity index (χ4v) is 7.62. The zero-order valence-corrected chi connectivity index (χ0v) is 15.1. The van der Waals surface area contributed by atoms with Gasteiger partial charge in [-0.1, -0.05) is 19.3 Å². The standard InChI is InChI=1S/C14H21BrN2O2S2/c15-14-13(7-12(8-16)20-14)21(18,19)17-6-5-10-3-1-2-4-11(10)9-17/h7,10-11H,1-6,8-9,16H2. The van der Waals surface area contributed by atoms with E-state index >= 15 is 0 Å². The first-order chi connectivity index (χ1) is 10.0. The van der Waals surface area contributed by atoms with E-state index in [-0.39, 0.29) is 0 Å². The largest absolute Gasteiger partial charge is 0.326 e. The van der Waals surface area contributed by atoms with Gasteiger partial charge in [-0.15, -0.1) is 11.3 Å². The highest BCUT2D eigenvalue weighted by Gasteiger charge is 2.37. The number of rotatable bonds is 3. The van der Waals surface area contributed by atoms with Gasteiger partial charge in [-0.2, -0.15) is 4.31 Å². The first-order valence-electron chi connectivity index (χ1n) is 7.51. The molecule has 1 aromatic heterocycles. The van der Waals surface area contributed by atoms with Crippen molar-refractivity contribution in [1.29, 1.82) is 0 Å². The predicted octanol–water partition coefficient (Wildman–Crippen LogP) is 3.17. The summed E-state index contributed by atoms with van der Waals surface area (Å²) in [4.78, 5) is 1.29. The normalized spacial score (nSPS) is 27.5. The van der Waals surface area contributed by atoms with E-state index < -0.39 is 10.0 Å². The van der Waals surface area contributed by atoms with Crippen LogP contribution in [-0.2, 0) is 16.6 Å². The third-order valence-corrected chi connectivity index (χ3v) is 8.92. The van der Waals surface area contributed by atoms with Crippen molar-refractivity contribution in [2.45, 2.75) is 43.5 Å². The number of sulfonamides is 1. The molecule has 2 fully saturated rings. The lowest BCUT2D eigenvalue weighted by molar-refractivity contribution is 0.136. The van der Waals surface area contributed by atoms with E-state index in [1.54, 1.807) is 10.4 Å². The van der Waals surface area contributed by atoms with Gasteiger partial charge in [0.1, 0.15) is 4.90 Å². The molecule has 0 amide bonds. The molecule has 0 radical (unpaired) electrons. The molecule has 118 valence electrons. The minimum atomic E-state index is -3.39. The van der Waals surface area contributed by atoms with Crippen molar-refractivity contribution in [2.75, 3.05) is 13.1 Å². The Labute approximate surface area is 138 Å². The van der Waals surface area contributed by atoms with Gasteiger partial charge in [-0.3, -0.25) is 0 Å². The zero-order chi connectivity index (χ0) is 15.0. The van der Waals surface area contributed by atoms with Crippen LogP contribution in [0.3, 0.4) is 0 Å². The molecule has 1 aliphatic carbocycles. The highest BCUT2D eigenvalue weighted by Crippen LogP contribution is 2.39. The van der Waals surface area contributed by atoms with Gasteiger partial charge in [-0.05, 0) is 46.7 Å². The van der Waals surface area contributed by atoms with E-state index in [9.17, 15) is 8.42 Å². The number of thiophene rings is 1. The zero-order valence-electron chi connectivity index (χ0n) is 11.9. The quantitative estimate of drug-likeness (QED) is 0.858. The smallest absolute Gasteiger partial charge is 0.245 e. The molecule has 2 aliphatic rings. The number of hydrogen-bond donors (Lipinski definition) is 1. The summed E-state index contributed by atoms with van der Waals surface area (Å²) >= 11 is 4.80. The van der Waals surface area contributed by atoms with Gasteiger partial charge in [0.25, 0.3) is 0 Å². The molecule has 2 heterocycles. The van der Waals surface area contributed by atoms with Crippen LogP contribution < -0.4 is 5.73 Å². The summed E-state index contributed by atoms with van der Waals surface area (Å²) in [7, 11) is -3.39. The van der Waals surface area contributed by atoms with Crippen LogP contribution in [-0.4, -0.2) is 25.8 Å². The lowest BCUT2D eigenvalue weighted by Gasteiger charge is -2.40. The molecule has 1 saturated carbocycles. The average molecular weight is 393 g/mol. The minimum Gasteiger partial charge on any atom is -0.326 e. The maximum atomic E-state index is 12.9. The molecule has 2 unspecified atom stereocenters. The molecule has 1 aliphatic heterocycles. The number of nitrogens with zero attached hydrogens (tertiary/aromatic N) is 1. The Morgan fingerprint density at radius 3 is 2.67 bits per heavy atom. The van der Waals surface area contributed by atoms with E-state index in [1.807, 2.05) is 0 Å². The van der Waals surface area contributed by atoms with E-state index in [0.29, 0.717) is 34.2 Å². The van der Waals surface area contributed by atoms with Crippen molar-refractivity contribution in [3.63, 3.8) is 0 Å². The predicted molar refractivity (Wildman–Crippen MR) is 88.7 cm³/mol. The molecular weight excluding hydrogens is 372 g/mol. The van der Waals surface area contributed by atoms with E-state index in [4.69, 9.17) is 5.73 Å². The molecule has 21 heavy (non-hydrogen) atoms. The summed E-state index contributed by atoms with van der Waals surface area (Å²) in [6, 6.07) is 1.72. The molecule has 0 spiro atoms. The molecule has 4 nitrogen and oxygen atoms in total. The first-order valence-corrected chi connectivity index (χ1v) is 10.6. The molecule has 0 aromatic carbocycles. The monoisotopic (exact) mass is 392 g/mol. The third-order valence-electron chi connectivity index (χ3n) is 4.78. The molecule has 0 bridgehead atoms. The summed E-state index contributed by atoms with van der Waals surface area (Å²) < 4.78 is 28.1. The van der Waals surface area contributed by atoms with Gasteiger partial charge in [0.05, 0.1) is 3.79 Å². The van der Waals surface area contributed by atoms with Crippen molar-refractivity contribution in [1.82, 2.24) is 4.31 Å². The molecule has 1 saturated heterocycles. The van der Waals surface area contributed by atoms with Crippen molar-refractivity contribution in [3.05, 3.63) is 14.7 Å². The van der Waals surface area contributed by atoms with Crippen molar-refractivity contribution in [2.24, 2.45) is 17.6 Å². The second-order valence-corrected chi connectivity index (χ2v) is 10.4. The first kappa shape index (κ1) is 15.9. The van der Waals surface area contributed by atoms with Crippen molar-refractivity contribution >= 4 is 37.3 Å². The maximum absolute atomic E-state index is 12.9. The van der Waals surface area contributed by atoms with Crippen LogP contribution in [0.1, 0.15) is 37.0 Å². The molecule has 3 rings (SSSR count). The second kappa shape index (κ2) is 6.28. The van der Waals surface area contributed by atoms with E-state index in [1.165, 1.54) is 37.0 Å². The number of fused-ring (bicyclic) bond motifs is 1.